The van der Waals surface area contributed by atoms with Crippen molar-refractivity contribution in [3.8, 4) is 0 Å². The van der Waals surface area contributed by atoms with Crippen molar-refractivity contribution >= 4 is 17.3 Å². The summed E-state index contributed by atoms with van der Waals surface area (Å²) in [7, 11) is 0. The minimum absolute atomic E-state index is 0.0683. The highest BCUT2D eigenvalue weighted by Gasteiger charge is 2.38. The summed E-state index contributed by atoms with van der Waals surface area (Å²) in [5.41, 5.74) is 2.58. The van der Waals surface area contributed by atoms with Gasteiger partial charge in [0.05, 0.1) is 6.04 Å². The zero-order valence-electron chi connectivity index (χ0n) is 10.5. The molecule has 0 saturated carbocycles. The third-order valence-corrected chi connectivity index (χ3v) is 4.03. The van der Waals surface area contributed by atoms with Gasteiger partial charge in [-0.3, -0.25) is 0 Å². The monoisotopic (exact) mass is 262 g/mol. The lowest BCUT2D eigenvalue weighted by atomic mass is 9.85. The van der Waals surface area contributed by atoms with Gasteiger partial charge in [0.15, 0.2) is 5.11 Å². The van der Waals surface area contributed by atoms with E-state index in [1.165, 1.54) is 17.5 Å². The molecule has 0 aliphatic carbocycles. The van der Waals surface area contributed by atoms with Crippen LogP contribution >= 0.6 is 12.2 Å². The first-order valence-electron chi connectivity index (χ1n) is 6.49. The molecule has 18 heavy (non-hydrogen) atoms. The maximum Gasteiger partial charge on any atom is 0.168 e. The molecule has 2 fully saturated rings. The lowest BCUT2D eigenvalue weighted by Gasteiger charge is -2.43. The minimum Gasteiger partial charge on any atom is -0.358 e. The van der Waals surface area contributed by atoms with Gasteiger partial charge in [0.25, 0.3) is 0 Å². The van der Waals surface area contributed by atoms with Crippen LogP contribution in [0.1, 0.15) is 30.0 Å². The molecule has 0 radical (unpaired) electrons. The first-order valence-corrected chi connectivity index (χ1v) is 6.90. The zero-order chi connectivity index (χ0) is 12.5. The van der Waals surface area contributed by atoms with E-state index in [2.05, 4.69) is 41.8 Å². The number of thiocarbonyl (C=S) groups is 1. The van der Waals surface area contributed by atoms with Crippen molar-refractivity contribution < 1.29 is 4.74 Å². The van der Waals surface area contributed by atoms with E-state index in [0.29, 0.717) is 11.0 Å². The van der Waals surface area contributed by atoms with Crippen molar-refractivity contribution in [1.82, 2.24) is 10.6 Å². The number of hydrogen-bond donors (Lipinski definition) is 2. The molecule has 96 valence electrons. The minimum atomic E-state index is 0.0683. The summed E-state index contributed by atoms with van der Waals surface area (Å²) in [6, 6.07) is 8.95. The second-order valence-corrected chi connectivity index (χ2v) is 5.51. The SMILES string of the molecule is Cc1ccc(C2NC(=S)NC3OCCCC32)cc1. The molecule has 2 saturated heterocycles. The van der Waals surface area contributed by atoms with Gasteiger partial charge in [-0.1, -0.05) is 29.8 Å². The van der Waals surface area contributed by atoms with Gasteiger partial charge < -0.3 is 15.4 Å². The highest BCUT2D eigenvalue weighted by atomic mass is 32.1. The Morgan fingerprint density at radius 2 is 2.00 bits per heavy atom. The Kier molecular flexibility index (Phi) is 3.22. The van der Waals surface area contributed by atoms with E-state index in [0.717, 1.165) is 13.0 Å². The summed E-state index contributed by atoms with van der Waals surface area (Å²) in [6.07, 6.45) is 2.37. The molecule has 3 nitrogen and oxygen atoms in total. The number of fused-ring (bicyclic) bond motifs is 1. The van der Waals surface area contributed by atoms with Crippen LogP contribution in [-0.2, 0) is 4.74 Å². The predicted molar refractivity (Wildman–Crippen MR) is 75.3 cm³/mol. The van der Waals surface area contributed by atoms with Crippen molar-refractivity contribution in [3.63, 3.8) is 0 Å². The second-order valence-electron chi connectivity index (χ2n) is 5.10. The van der Waals surface area contributed by atoms with Crippen LogP contribution in [-0.4, -0.2) is 17.9 Å². The third-order valence-electron chi connectivity index (χ3n) is 3.79. The Hall–Kier alpha value is -1.13. The molecule has 0 amide bonds. The van der Waals surface area contributed by atoms with Crippen LogP contribution in [0, 0.1) is 12.8 Å². The zero-order valence-corrected chi connectivity index (χ0v) is 11.3. The normalized spacial score (nSPS) is 31.2. The van der Waals surface area contributed by atoms with Crippen LogP contribution in [0.15, 0.2) is 24.3 Å². The van der Waals surface area contributed by atoms with Gasteiger partial charge in [0.1, 0.15) is 6.23 Å². The van der Waals surface area contributed by atoms with Crippen LogP contribution in [0.25, 0.3) is 0 Å². The maximum absolute atomic E-state index is 5.79. The molecule has 4 heteroatoms. The number of aryl methyl sites for hydroxylation is 1. The Bertz CT molecular complexity index is 446. The molecule has 2 N–H and O–H groups in total. The molecule has 3 unspecified atom stereocenters. The molecule has 1 aromatic carbocycles. The number of ether oxygens (including phenoxy) is 1. The van der Waals surface area contributed by atoms with Crippen molar-refractivity contribution in [2.45, 2.75) is 32.0 Å². The van der Waals surface area contributed by atoms with Crippen LogP contribution in [0.4, 0.5) is 0 Å². The fourth-order valence-electron chi connectivity index (χ4n) is 2.82. The highest BCUT2D eigenvalue weighted by Crippen LogP contribution is 2.34. The fraction of sp³-hybridized carbons (Fsp3) is 0.500. The van der Waals surface area contributed by atoms with Gasteiger partial charge in [-0.2, -0.15) is 0 Å². The molecular weight excluding hydrogens is 244 g/mol. The van der Waals surface area contributed by atoms with Crippen LogP contribution in [0.3, 0.4) is 0 Å². The molecular formula is C14H18N2OS. The van der Waals surface area contributed by atoms with E-state index in [-0.39, 0.29) is 12.3 Å². The van der Waals surface area contributed by atoms with Crippen LogP contribution in [0.5, 0.6) is 0 Å². The topological polar surface area (TPSA) is 33.3 Å². The van der Waals surface area contributed by atoms with Crippen molar-refractivity contribution in [3.05, 3.63) is 35.4 Å². The van der Waals surface area contributed by atoms with Gasteiger partial charge in [-0.05, 0) is 37.5 Å². The Morgan fingerprint density at radius 3 is 2.78 bits per heavy atom. The second kappa shape index (κ2) is 4.86. The van der Waals surface area contributed by atoms with Crippen LogP contribution < -0.4 is 10.6 Å². The summed E-state index contributed by atoms with van der Waals surface area (Å²) in [5, 5.41) is 7.32. The lowest BCUT2D eigenvalue weighted by molar-refractivity contribution is -0.0536. The van der Waals surface area contributed by atoms with Crippen molar-refractivity contribution in [2.75, 3.05) is 6.61 Å². The van der Waals surface area contributed by atoms with Crippen molar-refractivity contribution in [1.29, 1.82) is 0 Å². The van der Waals surface area contributed by atoms with Crippen molar-refractivity contribution in [2.24, 2.45) is 5.92 Å². The van der Waals surface area contributed by atoms with Gasteiger partial charge >= 0.3 is 0 Å². The van der Waals surface area contributed by atoms with Gasteiger partial charge in [-0.25, -0.2) is 0 Å². The molecule has 0 spiro atoms. The summed E-state index contributed by atoms with van der Waals surface area (Å²) < 4.78 is 5.79. The standard InChI is InChI=1S/C14H18N2OS/c1-9-4-6-10(7-5-9)12-11-3-2-8-17-13(11)16-14(18)15-12/h4-7,11-13H,2-3,8H2,1H3,(H2,15,16,18). The summed E-state index contributed by atoms with van der Waals surface area (Å²) >= 11 is 5.27. The Morgan fingerprint density at radius 1 is 1.22 bits per heavy atom. The largest absolute Gasteiger partial charge is 0.358 e. The average Bonchev–Trinajstić information content (AvgIpc) is 2.38. The van der Waals surface area contributed by atoms with E-state index < -0.39 is 0 Å². The average molecular weight is 262 g/mol. The summed E-state index contributed by atoms with van der Waals surface area (Å²) in [4.78, 5) is 0. The number of hydrogen-bond acceptors (Lipinski definition) is 2. The van der Waals surface area contributed by atoms with Gasteiger partial charge in [0, 0.05) is 12.5 Å². The molecule has 3 atom stereocenters. The van der Waals surface area contributed by atoms with E-state index in [4.69, 9.17) is 17.0 Å². The summed E-state index contributed by atoms with van der Waals surface area (Å²) in [5.74, 6) is 0.452. The molecule has 2 aliphatic rings. The molecule has 1 aromatic rings. The Balaban J connectivity index is 1.88. The molecule has 0 aromatic heterocycles. The molecule has 2 aliphatic heterocycles. The summed E-state index contributed by atoms with van der Waals surface area (Å²) in [6.45, 7) is 2.94. The lowest BCUT2D eigenvalue weighted by Crippen LogP contribution is -2.58. The third kappa shape index (κ3) is 2.22. The fourth-order valence-corrected chi connectivity index (χ4v) is 3.06. The molecule has 2 heterocycles. The number of nitrogens with one attached hydrogen (secondary N) is 2. The van der Waals surface area contributed by atoms with E-state index >= 15 is 0 Å². The maximum atomic E-state index is 5.79. The first kappa shape index (κ1) is 11.9. The molecule has 3 rings (SSSR count). The Labute approximate surface area is 113 Å². The van der Waals surface area contributed by atoms with E-state index in [1.807, 2.05) is 0 Å². The van der Waals surface area contributed by atoms with Gasteiger partial charge in [-0.15, -0.1) is 0 Å². The van der Waals surface area contributed by atoms with E-state index in [9.17, 15) is 0 Å². The number of benzene rings is 1. The smallest absolute Gasteiger partial charge is 0.168 e. The van der Waals surface area contributed by atoms with Crippen LogP contribution in [0.2, 0.25) is 0 Å². The first-order chi connectivity index (χ1) is 8.74. The van der Waals surface area contributed by atoms with Gasteiger partial charge in [0.2, 0.25) is 0 Å². The molecule has 0 bridgehead atoms. The quantitative estimate of drug-likeness (QED) is 0.761. The number of rotatable bonds is 1. The van der Waals surface area contributed by atoms with E-state index in [1.54, 1.807) is 0 Å². The highest BCUT2D eigenvalue weighted by molar-refractivity contribution is 7.80. The predicted octanol–water partition coefficient (Wildman–Crippen LogP) is 2.27.